The zero-order valence-corrected chi connectivity index (χ0v) is 15.5. The number of aromatic nitrogens is 4. The smallest absolute Gasteiger partial charge is 0.322 e. The molecule has 2 amide bonds. The highest BCUT2D eigenvalue weighted by Gasteiger charge is 2.22. The molecule has 2 aromatic heterocycles. The number of carbonyl (C=O) groups excluding carboxylic acids is 1. The second kappa shape index (κ2) is 7.95. The standard InChI is InChI=1S/C19H21N7O2/c1-28-16-6-3-2-5-15(16)21-19(27)25-13-11-24(12-14-25)17-7-8-18(23-22-17)26-10-4-9-20-26/h2-10H,11-14H2,1H3,(H,21,27). The molecule has 3 heterocycles. The van der Waals surface area contributed by atoms with Crippen LogP contribution in [0.3, 0.4) is 0 Å². The number of nitrogens with one attached hydrogen (secondary N) is 1. The normalized spacial score (nSPS) is 14.0. The van der Waals surface area contributed by atoms with Crippen LogP contribution in [0.15, 0.2) is 54.9 Å². The van der Waals surface area contributed by atoms with Crippen molar-refractivity contribution in [3.05, 3.63) is 54.9 Å². The van der Waals surface area contributed by atoms with Gasteiger partial charge >= 0.3 is 6.03 Å². The van der Waals surface area contributed by atoms with Crippen molar-refractivity contribution in [3.63, 3.8) is 0 Å². The number of carbonyl (C=O) groups is 1. The minimum absolute atomic E-state index is 0.135. The van der Waals surface area contributed by atoms with Gasteiger partial charge in [0.15, 0.2) is 11.6 Å². The van der Waals surface area contributed by atoms with Crippen LogP contribution in [0.1, 0.15) is 0 Å². The second-order valence-corrected chi connectivity index (χ2v) is 6.30. The molecule has 0 unspecified atom stereocenters. The van der Waals surface area contributed by atoms with Crippen molar-refractivity contribution in [2.45, 2.75) is 0 Å². The summed E-state index contributed by atoms with van der Waals surface area (Å²) in [5.41, 5.74) is 0.664. The molecule has 28 heavy (non-hydrogen) atoms. The maximum atomic E-state index is 12.6. The van der Waals surface area contributed by atoms with Gasteiger partial charge in [-0.3, -0.25) is 0 Å². The van der Waals surface area contributed by atoms with Gasteiger partial charge in [-0.05, 0) is 30.3 Å². The summed E-state index contributed by atoms with van der Waals surface area (Å²) in [5, 5.41) is 15.6. The number of rotatable bonds is 4. The summed E-state index contributed by atoms with van der Waals surface area (Å²) < 4.78 is 6.95. The number of urea groups is 1. The quantitative estimate of drug-likeness (QED) is 0.746. The van der Waals surface area contributed by atoms with Crippen LogP contribution in [0.4, 0.5) is 16.3 Å². The molecular weight excluding hydrogens is 358 g/mol. The molecule has 0 atom stereocenters. The summed E-state index contributed by atoms with van der Waals surface area (Å²) in [4.78, 5) is 16.5. The number of hydrogen-bond donors (Lipinski definition) is 1. The van der Waals surface area contributed by atoms with Gasteiger partial charge in [0, 0.05) is 38.6 Å². The average molecular weight is 379 g/mol. The Morgan fingerprint density at radius 2 is 1.75 bits per heavy atom. The minimum atomic E-state index is -0.135. The zero-order valence-electron chi connectivity index (χ0n) is 15.5. The Hall–Kier alpha value is -3.62. The predicted octanol–water partition coefficient (Wildman–Crippen LogP) is 2.02. The van der Waals surface area contributed by atoms with Crippen molar-refractivity contribution in [3.8, 4) is 11.6 Å². The molecule has 0 bridgehead atoms. The van der Waals surface area contributed by atoms with E-state index in [2.05, 4.69) is 25.5 Å². The molecule has 0 spiro atoms. The lowest BCUT2D eigenvalue weighted by molar-refractivity contribution is 0.208. The van der Waals surface area contributed by atoms with Gasteiger partial charge in [-0.2, -0.15) is 5.10 Å². The highest BCUT2D eigenvalue weighted by atomic mass is 16.5. The molecule has 1 saturated heterocycles. The summed E-state index contributed by atoms with van der Waals surface area (Å²) in [7, 11) is 1.59. The molecule has 1 N–H and O–H groups in total. The van der Waals surface area contributed by atoms with E-state index in [1.807, 2.05) is 48.7 Å². The predicted molar refractivity (Wildman–Crippen MR) is 105 cm³/mol. The number of para-hydroxylation sites is 2. The average Bonchev–Trinajstić information content (AvgIpc) is 3.29. The van der Waals surface area contributed by atoms with Crippen molar-refractivity contribution in [2.75, 3.05) is 43.5 Å². The highest BCUT2D eigenvalue weighted by Crippen LogP contribution is 2.23. The number of ether oxygens (including phenoxy) is 1. The van der Waals surface area contributed by atoms with Crippen molar-refractivity contribution in [1.29, 1.82) is 0 Å². The molecule has 3 aromatic rings. The van der Waals surface area contributed by atoms with E-state index in [0.717, 1.165) is 5.82 Å². The van der Waals surface area contributed by atoms with Crippen LogP contribution < -0.4 is 15.0 Å². The van der Waals surface area contributed by atoms with Crippen LogP contribution in [0, 0.1) is 0 Å². The molecule has 1 aliphatic rings. The Morgan fingerprint density at radius 3 is 2.43 bits per heavy atom. The molecule has 9 heteroatoms. The van der Waals surface area contributed by atoms with E-state index >= 15 is 0 Å². The van der Waals surface area contributed by atoms with E-state index in [4.69, 9.17) is 4.74 Å². The monoisotopic (exact) mass is 379 g/mol. The first-order valence-corrected chi connectivity index (χ1v) is 9.02. The van der Waals surface area contributed by atoms with E-state index < -0.39 is 0 Å². The van der Waals surface area contributed by atoms with E-state index in [-0.39, 0.29) is 6.03 Å². The van der Waals surface area contributed by atoms with Crippen LogP contribution in [-0.2, 0) is 0 Å². The Bertz CT molecular complexity index is 920. The van der Waals surface area contributed by atoms with E-state index in [0.29, 0.717) is 43.4 Å². The lowest BCUT2D eigenvalue weighted by Gasteiger charge is -2.35. The summed E-state index contributed by atoms with van der Waals surface area (Å²) in [6.07, 6.45) is 3.52. The largest absolute Gasteiger partial charge is 0.495 e. The lowest BCUT2D eigenvalue weighted by Crippen LogP contribution is -2.50. The van der Waals surface area contributed by atoms with Crippen LogP contribution in [-0.4, -0.2) is 64.2 Å². The number of anilines is 2. The van der Waals surface area contributed by atoms with Gasteiger partial charge in [0.05, 0.1) is 12.8 Å². The molecule has 0 radical (unpaired) electrons. The number of benzene rings is 1. The molecule has 144 valence electrons. The first kappa shape index (κ1) is 17.8. The number of nitrogens with zero attached hydrogens (tertiary/aromatic N) is 6. The molecule has 1 aliphatic heterocycles. The fourth-order valence-electron chi connectivity index (χ4n) is 3.09. The Balaban J connectivity index is 1.34. The van der Waals surface area contributed by atoms with Crippen LogP contribution in [0.25, 0.3) is 5.82 Å². The number of amides is 2. The van der Waals surface area contributed by atoms with Crippen molar-refractivity contribution < 1.29 is 9.53 Å². The summed E-state index contributed by atoms with van der Waals surface area (Å²) in [6, 6.07) is 12.9. The Kier molecular flexibility index (Phi) is 5.05. The Morgan fingerprint density at radius 1 is 1.00 bits per heavy atom. The fourth-order valence-corrected chi connectivity index (χ4v) is 3.09. The van der Waals surface area contributed by atoms with Crippen LogP contribution in [0.2, 0.25) is 0 Å². The first-order valence-electron chi connectivity index (χ1n) is 9.02. The maximum absolute atomic E-state index is 12.6. The first-order chi connectivity index (χ1) is 13.7. The molecule has 0 aliphatic carbocycles. The third-order valence-corrected chi connectivity index (χ3v) is 4.61. The number of methoxy groups -OCH3 is 1. The van der Waals surface area contributed by atoms with Crippen LogP contribution in [0.5, 0.6) is 5.75 Å². The SMILES string of the molecule is COc1ccccc1NC(=O)N1CCN(c2ccc(-n3cccn3)nn2)CC1. The summed E-state index contributed by atoms with van der Waals surface area (Å²) >= 11 is 0. The summed E-state index contributed by atoms with van der Waals surface area (Å²) in [5.74, 6) is 2.10. The van der Waals surface area contributed by atoms with Gasteiger partial charge in [0.1, 0.15) is 5.75 Å². The van der Waals surface area contributed by atoms with Gasteiger partial charge in [-0.1, -0.05) is 12.1 Å². The van der Waals surface area contributed by atoms with Gasteiger partial charge < -0.3 is 19.9 Å². The van der Waals surface area contributed by atoms with E-state index in [1.165, 1.54) is 0 Å². The van der Waals surface area contributed by atoms with Crippen molar-refractivity contribution in [2.24, 2.45) is 0 Å². The fraction of sp³-hybridized carbons (Fsp3) is 0.263. The molecule has 9 nitrogen and oxygen atoms in total. The van der Waals surface area contributed by atoms with Gasteiger partial charge in [-0.15, -0.1) is 10.2 Å². The molecule has 1 fully saturated rings. The third-order valence-electron chi connectivity index (χ3n) is 4.61. The van der Waals surface area contributed by atoms with Crippen LogP contribution >= 0.6 is 0 Å². The van der Waals surface area contributed by atoms with E-state index in [1.54, 1.807) is 22.9 Å². The maximum Gasteiger partial charge on any atom is 0.322 e. The topological polar surface area (TPSA) is 88.4 Å². The molecule has 4 rings (SSSR count). The van der Waals surface area contributed by atoms with Crippen molar-refractivity contribution in [1.82, 2.24) is 24.9 Å². The molecule has 0 saturated carbocycles. The molecule has 1 aromatic carbocycles. The number of piperazine rings is 1. The third kappa shape index (κ3) is 3.73. The highest BCUT2D eigenvalue weighted by molar-refractivity contribution is 5.91. The Labute approximate surface area is 162 Å². The van der Waals surface area contributed by atoms with Gasteiger partial charge in [0.2, 0.25) is 0 Å². The molecular formula is C19H21N7O2. The number of hydrogen-bond acceptors (Lipinski definition) is 6. The zero-order chi connectivity index (χ0) is 19.3. The van der Waals surface area contributed by atoms with Crippen molar-refractivity contribution >= 4 is 17.5 Å². The minimum Gasteiger partial charge on any atom is -0.495 e. The van der Waals surface area contributed by atoms with E-state index in [9.17, 15) is 4.79 Å². The van der Waals surface area contributed by atoms with Gasteiger partial charge in [0.25, 0.3) is 0 Å². The lowest BCUT2D eigenvalue weighted by atomic mass is 10.3. The summed E-state index contributed by atoms with van der Waals surface area (Å²) in [6.45, 7) is 2.58. The van der Waals surface area contributed by atoms with Gasteiger partial charge in [-0.25, -0.2) is 9.48 Å². The second-order valence-electron chi connectivity index (χ2n) is 6.30.